The lowest BCUT2D eigenvalue weighted by Gasteiger charge is -2.16. The minimum atomic E-state index is 0.250. The van der Waals surface area contributed by atoms with Crippen molar-refractivity contribution >= 4 is 27.3 Å². The molecule has 0 unspecified atom stereocenters. The fourth-order valence-electron chi connectivity index (χ4n) is 2.00. The molecular weight excluding hydrogens is 330 g/mol. The number of nitrogens with one attached hydrogen (secondary N) is 1. The molecule has 1 heterocycles. The Morgan fingerprint density at radius 1 is 1.10 bits per heavy atom. The summed E-state index contributed by atoms with van der Waals surface area (Å²) < 4.78 is 1.13. The molecule has 0 aliphatic heterocycles. The van der Waals surface area contributed by atoms with Crippen LogP contribution in [0.25, 0.3) is 0 Å². The van der Waals surface area contributed by atoms with E-state index in [4.69, 9.17) is 0 Å². The highest BCUT2D eigenvalue weighted by molar-refractivity contribution is 9.10. The molecule has 3 heteroatoms. The molecular formula is C17H22BrNS. The van der Waals surface area contributed by atoms with Crippen molar-refractivity contribution in [3.05, 3.63) is 56.2 Å². The van der Waals surface area contributed by atoms with Gasteiger partial charge < -0.3 is 5.32 Å². The quantitative estimate of drug-likeness (QED) is 0.749. The molecule has 1 aromatic carbocycles. The normalized spacial score (nSPS) is 13.4. The van der Waals surface area contributed by atoms with E-state index in [0.717, 1.165) is 11.0 Å². The van der Waals surface area contributed by atoms with E-state index in [0.29, 0.717) is 6.04 Å². The van der Waals surface area contributed by atoms with E-state index in [9.17, 15) is 0 Å². The minimum absolute atomic E-state index is 0.250. The molecule has 1 atom stereocenters. The highest BCUT2D eigenvalue weighted by Gasteiger charge is 2.16. The van der Waals surface area contributed by atoms with Gasteiger partial charge in [0.15, 0.2) is 0 Å². The topological polar surface area (TPSA) is 12.0 Å². The van der Waals surface area contributed by atoms with E-state index >= 15 is 0 Å². The van der Waals surface area contributed by atoms with Crippen LogP contribution in [-0.2, 0) is 12.0 Å². The van der Waals surface area contributed by atoms with Crippen molar-refractivity contribution in [3.8, 4) is 0 Å². The van der Waals surface area contributed by atoms with E-state index in [-0.39, 0.29) is 5.41 Å². The van der Waals surface area contributed by atoms with Gasteiger partial charge in [0.25, 0.3) is 0 Å². The Morgan fingerprint density at radius 3 is 2.30 bits per heavy atom. The average molecular weight is 352 g/mol. The van der Waals surface area contributed by atoms with Gasteiger partial charge in [-0.2, -0.15) is 0 Å². The summed E-state index contributed by atoms with van der Waals surface area (Å²) >= 11 is 5.38. The van der Waals surface area contributed by atoms with Crippen molar-refractivity contribution in [3.63, 3.8) is 0 Å². The summed E-state index contributed by atoms with van der Waals surface area (Å²) in [5.41, 5.74) is 1.57. The standard InChI is InChI=1S/C17H22BrNS/c1-12(13-5-7-14(18)8-6-13)19-11-15-9-10-16(20-15)17(2,3)4/h5-10,12,19H,11H2,1-4H3/t12-/m1/s1. The monoisotopic (exact) mass is 351 g/mol. The van der Waals surface area contributed by atoms with Gasteiger partial charge in [-0.3, -0.25) is 0 Å². The van der Waals surface area contributed by atoms with Crippen LogP contribution in [0.2, 0.25) is 0 Å². The molecule has 0 saturated carbocycles. The van der Waals surface area contributed by atoms with E-state index in [2.05, 4.69) is 85.3 Å². The van der Waals surface area contributed by atoms with Gasteiger partial charge in [-0.1, -0.05) is 48.8 Å². The maximum absolute atomic E-state index is 3.59. The Labute approximate surface area is 134 Å². The predicted octanol–water partition coefficient (Wildman–Crippen LogP) is 5.66. The number of hydrogen-bond donors (Lipinski definition) is 1. The summed E-state index contributed by atoms with van der Waals surface area (Å²) in [7, 11) is 0. The Morgan fingerprint density at radius 2 is 1.75 bits per heavy atom. The molecule has 108 valence electrons. The van der Waals surface area contributed by atoms with Gasteiger partial charge >= 0.3 is 0 Å². The van der Waals surface area contributed by atoms with Crippen molar-refractivity contribution in [1.29, 1.82) is 0 Å². The third kappa shape index (κ3) is 4.18. The molecule has 0 aliphatic rings. The fraction of sp³-hybridized carbons (Fsp3) is 0.412. The number of hydrogen-bond acceptors (Lipinski definition) is 2. The molecule has 0 bridgehead atoms. The molecule has 2 aromatic rings. The SMILES string of the molecule is C[C@@H](NCc1ccc(C(C)(C)C)s1)c1ccc(Br)cc1. The largest absolute Gasteiger partial charge is 0.305 e. The van der Waals surface area contributed by atoms with Crippen LogP contribution in [-0.4, -0.2) is 0 Å². The van der Waals surface area contributed by atoms with Crippen LogP contribution in [0.3, 0.4) is 0 Å². The summed E-state index contributed by atoms with van der Waals surface area (Å²) in [5, 5.41) is 3.59. The highest BCUT2D eigenvalue weighted by Crippen LogP contribution is 2.29. The van der Waals surface area contributed by atoms with Gasteiger partial charge in [0.05, 0.1) is 0 Å². The molecule has 2 rings (SSSR count). The van der Waals surface area contributed by atoms with Crippen molar-refractivity contribution < 1.29 is 0 Å². The molecule has 0 fully saturated rings. The van der Waals surface area contributed by atoms with Gasteiger partial charge in [0.2, 0.25) is 0 Å². The van der Waals surface area contributed by atoms with Crippen LogP contribution >= 0.6 is 27.3 Å². The zero-order valence-corrected chi connectivity index (χ0v) is 14.9. The van der Waals surface area contributed by atoms with Gasteiger partial charge in [0, 0.05) is 26.8 Å². The fourth-order valence-corrected chi connectivity index (χ4v) is 3.28. The second-order valence-electron chi connectivity index (χ2n) is 6.17. The predicted molar refractivity (Wildman–Crippen MR) is 92.4 cm³/mol. The van der Waals surface area contributed by atoms with Crippen molar-refractivity contribution in [2.45, 2.75) is 45.7 Å². The first-order valence-corrected chi connectivity index (χ1v) is 8.55. The average Bonchev–Trinajstić information content (AvgIpc) is 2.85. The van der Waals surface area contributed by atoms with Crippen LogP contribution in [0.15, 0.2) is 40.9 Å². The summed E-state index contributed by atoms with van der Waals surface area (Å²) in [6, 6.07) is 13.4. The summed E-state index contributed by atoms with van der Waals surface area (Å²) in [4.78, 5) is 2.85. The third-order valence-electron chi connectivity index (χ3n) is 3.35. The lowest BCUT2D eigenvalue weighted by atomic mass is 9.95. The van der Waals surface area contributed by atoms with E-state index < -0.39 is 0 Å². The third-order valence-corrected chi connectivity index (χ3v) is 5.39. The van der Waals surface area contributed by atoms with Crippen molar-refractivity contribution in [2.75, 3.05) is 0 Å². The zero-order chi connectivity index (χ0) is 14.8. The number of thiophene rings is 1. The van der Waals surface area contributed by atoms with Crippen LogP contribution in [0.4, 0.5) is 0 Å². The molecule has 1 N–H and O–H groups in total. The van der Waals surface area contributed by atoms with Crippen LogP contribution in [0.5, 0.6) is 0 Å². The smallest absolute Gasteiger partial charge is 0.0305 e. The first-order valence-electron chi connectivity index (χ1n) is 6.94. The molecule has 0 amide bonds. The number of halogens is 1. The van der Waals surface area contributed by atoms with E-state index in [1.54, 1.807) is 0 Å². The number of rotatable bonds is 4. The van der Waals surface area contributed by atoms with E-state index in [1.807, 2.05) is 11.3 Å². The molecule has 1 aromatic heterocycles. The molecule has 20 heavy (non-hydrogen) atoms. The summed E-state index contributed by atoms with van der Waals surface area (Å²) in [6.07, 6.45) is 0. The molecule has 0 spiro atoms. The summed E-state index contributed by atoms with van der Waals surface area (Å²) in [6.45, 7) is 9.93. The Balaban J connectivity index is 1.95. The van der Waals surface area contributed by atoms with Gasteiger partial charge in [-0.15, -0.1) is 11.3 Å². The highest BCUT2D eigenvalue weighted by atomic mass is 79.9. The maximum atomic E-state index is 3.59. The zero-order valence-electron chi connectivity index (χ0n) is 12.5. The van der Waals surface area contributed by atoms with Crippen molar-refractivity contribution in [2.24, 2.45) is 0 Å². The number of benzene rings is 1. The molecule has 0 radical (unpaired) electrons. The molecule has 0 aliphatic carbocycles. The maximum Gasteiger partial charge on any atom is 0.0305 e. The second kappa shape index (κ2) is 6.42. The van der Waals surface area contributed by atoms with Gasteiger partial charge in [-0.25, -0.2) is 0 Å². The lowest BCUT2D eigenvalue weighted by Crippen LogP contribution is -2.17. The Bertz CT molecular complexity index is 551. The second-order valence-corrected chi connectivity index (χ2v) is 8.25. The Kier molecular flexibility index (Phi) is 5.05. The van der Waals surface area contributed by atoms with Crippen molar-refractivity contribution in [1.82, 2.24) is 5.32 Å². The molecule has 0 saturated heterocycles. The van der Waals surface area contributed by atoms with Gasteiger partial charge in [-0.05, 0) is 42.2 Å². The van der Waals surface area contributed by atoms with Gasteiger partial charge in [0.1, 0.15) is 0 Å². The lowest BCUT2D eigenvalue weighted by molar-refractivity contribution is 0.579. The van der Waals surface area contributed by atoms with Crippen LogP contribution < -0.4 is 5.32 Å². The van der Waals surface area contributed by atoms with Crippen LogP contribution in [0, 0.1) is 0 Å². The molecule has 1 nitrogen and oxygen atoms in total. The summed E-state index contributed by atoms with van der Waals surface area (Å²) in [5.74, 6) is 0. The first-order chi connectivity index (χ1) is 9.36. The van der Waals surface area contributed by atoms with E-state index in [1.165, 1.54) is 15.3 Å². The minimum Gasteiger partial charge on any atom is -0.305 e. The Hall–Kier alpha value is -0.640. The first kappa shape index (κ1) is 15.7. The van der Waals surface area contributed by atoms with Crippen LogP contribution in [0.1, 0.15) is 49.1 Å².